The van der Waals surface area contributed by atoms with Gasteiger partial charge < -0.3 is 9.84 Å². The van der Waals surface area contributed by atoms with Crippen LogP contribution in [0.2, 0.25) is 0 Å². The summed E-state index contributed by atoms with van der Waals surface area (Å²) in [5, 5.41) is 20.0. The normalized spacial score (nSPS) is 57.5. The zero-order valence-electron chi connectivity index (χ0n) is 9.07. The van der Waals surface area contributed by atoms with Crippen LogP contribution in [0, 0.1) is 22.7 Å². The van der Waals surface area contributed by atoms with Crippen LogP contribution in [0.1, 0.15) is 39.0 Å². The number of rotatable bonds is 1. The highest BCUT2D eigenvalue weighted by atomic mass is 16.5. The van der Waals surface area contributed by atoms with E-state index in [4.69, 9.17) is 4.74 Å². The van der Waals surface area contributed by atoms with Gasteiger partial charge in [0.05, 0.1) is 23.9 Å². The van der Waals surface area contributed by atoms with Crippen molar-refractivity contribution in [3.05, 3.63) is 0 Å². The molecule has 3 heteroatoms. The maximum absolute atomic E-state index is 10.6. The Bertz CT molecular complexity index is 329. The van der Waals surface area contributed by atoms with Gasteiger partial charge in [0.25, 0.3) is 0 Å². The lowest BCUT2D eigenvalue weighted by atomic mass is 9.53. The molecule has 15 heavy (non-hydrogen) atoms. The maximum atomic E-state index is 10.6. The third-order valence-corrected chi connectivity index (χ3v) is 4.61. The van der Waals surface area contributed by atoms with E-state index in [1.54, 1.807) is 0 Å². The van der Waals surface area contributed by atoms with Crippen molar-refractivity contribution in [2.45, 2.75) is 56.8 Å². The molecule has 0 amide bonds. The molecule has 2 heterocycles. The minimum absolute atomic E-state index is 0.00926. The number of hydrogen-bond acceptors (Lipinski definition) is 3. The van der Waals surface area contributed by atoms with Gasteiger partial charge in [-0.2, -0.15) is 5.26 Å². The van der Waals surface area contributed by atoms with Gasteiger partial charge in [-0.05, 0) is 38.0 Å². The Morgan fingerprint density at radius 3 is 2.47 bits per heavy atom. The highest BCUT2D eigenvalue weighted by Gasteiger charge is 2.66. The molecule has 3 fully saturated rings. The summed E-state index contributed by atoms with van der Waals surface area (Å²) in [6.45, 7) is 2.13. The van der Waals surface area contributed by atoms with E-state index in [9.17, 15) is 10.4 Å². The molecule has 0 aromatic heterocycles. The molecule has 3 rings (SSSR count). The fraction of sp³-hybridized carbons (Fsp3) is 0.917. The largest absolute Gasteiger partial charge is 0.388 e. The summed E-state index contributed by atoms with van der Waals surface area (Å²) < 4.78 is 5.75. The predicted octanol–water partition coefficient (Wildman–Crippen LogP) is 1.61. The van der Waals surface area contributed by atoms with Crippen molar-refractivity contribution in [2.24, 2.45) is 11.3 Å². The Morgan fingerprint density at radius 1 is 1.33 bits per heavy atom. The molecule has 2 bridgehead atoms. The van der Waals surface area contributed by atoms with E-state index >= 15 is 0 Å². The van der Waals surface area contributed by atoms with Crippen LogP contribution >= 0.6 is 0 Å². The van der Waals surface area contributed by atoms with E-state index < -0.39 is 11.0 Å². The highest BCUT2D eigenvalue weighted by molar-refractivity contribution is 5.23. The first-order valence-corrected chi connectivity index (χ1v) is 5.89. The monoisotopic (exact) mass is 207 g/mol. The average molecular weight is 207 g/mol. The lowest BCUT2D eigenvalue weighted by Crippen LogP contribution is -2.59. The Kier molecular flexibility index (Phi) is 1.76. The Balaban J connectivity index is 1.92. The molecule has 3 atom stereocenters. The topological polar surface area (TPSA) is 53.2 Å². The highest BCUT2D eigenvalue weighted by Crippen LogP contribution is 2.60. The molecular weight excluding hydrogens is 190 g/mol. The van der Waals surface area contributed by atoms with Crippen LogP contribution in [0.25, 0.3) is 0 Å². The number of aliphatic hydroxyl groups is 1. The molecule has 0 aromatic rings. The number of nitriles is 1. The predicted molar refractivity (Wildman–Crippen MR) is 53.9 cm³/mol. The van der Waals surface area contributed by atoms with E-state index in [2.05, 4.69) is 13.0 Å². The van der Waals surface area contributed by atoms with Gasteiger partial charge in [-0.1, -0.05) is 6.92 Å². The minimum Gasteiger partial charge on any atom is -0.388 e. The van der Waals surface area contributed by atoms with Crippen molar-refractivity contribution in [1.82, 2.24) is 0 Å². The summed E-state index contributed by atoms with van der Waals surface area (Å²) in [6.07, 6.45) is 4.53. The summed E-state index contributed by atoms with van der Waals surface area (Å²) in [5.41, 5.74) is -1.36. The quantitative estimate of drug-likeness (QED) is 0.710. The van der Waals surface area contributed by atoms with Crippen molar-refractivity contribution in [3.8, 4) is 6.07 Å². The number of fused-ring (bicyclic) bond motifs is 2. The van der Waals surface area contributed by atoms with Gasteiger partial charge in [0, 0.05) is 0 Å². The molecule has 1 saturated carbocycles. The summed E-state index contributed by atoms with van der Waals surface area (Å²) in [5.74, 6) is 0.555. The van der Waals surface area contributed by atoms with E-state index in [1.165, 1.54) is 0 Å². The third kappa shape index (κ3) is 1.02. The SMILES string of the molecule is CC1CC(O)(C2(C#N)CC3CCC2O3)C1. The lowest BCUT2D eigenvalue weighted by Gasteiger charge is -2.52. The van der Waals surface area contributed by atoms with Gasteiger partial charge in [0.15, 0.2) is 0 Å². The van der Waals surface area contributed by atoms with Gasteiger partial charge in [-0.3, -0.25) is 0 Å². The molecule has 3 unspecified atom stereocenters. The minimum atomic E-state index is -0.763. The van der Waals surface area contributed by atoms with Crippen LogP contribution in [0.3, 0.4) is 0 Å². The van der Waals surface area contributed by atoms with Crippen LogP contribution in [0.4, 0.5) is 0 Å². The molecule has 1 N–H and O–H groups in total. The van der Waals surface area contributed by atoms with Gasteiger partial charge in [0.1, 0.15) is 5.41 Å². The van der Waals surface area contributed by atoms with Crippen LogP contribution in [-0.2, 0) is 4.74 Å². The van der Waals surface area contributed by atoms with Crippen LogP contribution in [-0.4, -0.2) is 22.9 Å². The summed E-state index contributed by atoms with van der Waals surface area (Å²) in [6, 6.07) is 2.40. The zero-order valence-corrected chi connectivity index (χ0v) is 9.07. The third-order valence-electron chi connectivity index (χ3n) is 4.61. The molecule has 0 aromatic carbocycles. The van der Waals surface area contributed by atoms with Crippen LogP contribution < -0.4 is 0 Å². The fourth-order valence-corrected chi connectivity index (χ4v) is 3.88. The number of nitrogens with zero attached hydrogens (tertiary/aromatic N) is 1. The van der Waals surface area contributed by atoms with Crippen molar-refractivity contribution in [1.29, 1.82) is 5.26 Å². The molecule has 0 radical (unpaired) electrons. The first kappa shape index (κ1) is 9.62. The van der Waals surface area contributed by atoms with E-state index in [0.717, 1.165) is 32.1 Å². The first-order valence-electron chi connectivity index (χ1n) is 5.89. The molecule has 1 aliphatic carbocycles. The van der Waals surface area contributed by atoms with E-state index in [0.29, 0.717) is 5.92 Å². The smallest absolute Gasteiger partial charge is 0.114 e. The number of hydrogen-bond donors (Lipinski definition) is 1. The zero-order chi connectivity index (χ0) is 10.7. The van der Waals surface area contributed by atoms with Crippen LogP contribution in [0.15, 0.2) is 0 Å². The average Bonchev–Trinajstić information content (AvgIpc) is 2.74. The Labute approximate surface area is 90.0 Å². The molecule has 0 spiro atoms. The molecule has 3 aliphatic rings. The maximum Gasteiger partial charge on any atom is 0.114 e. The first-order chi connectivity index (χ1) is 7.10. The molecular formula is C12H17NO2. The van der Waals surface area contributed by atoms with Gasteiger partial charge in [0.2, 0.25) is 0 Å². The summed E-state index contributed by atoms with van der Waals surface area (Å²) in [7, 11) is 0. The standard InChI is InChI=1S/C12H17NO2/c1-8-4-12(14,5-8)11(7-13)6-9-2-3-10(11)15-9/h8-10,14H,2-6H2,1H3. The second-order valence-corrected chi connectivity index (χ2v) is 5.66. The number of ether oxygens (including phenoxy) is 1. The van der Waals surface area contributed by atoms with Crippen molar-refractivity contribution < 1.29 is 9.84 Å². The van der Waals surface area contributed by atoms with Crippen molar-refractivity contribution in [3.63, 3.8) is 0 Å². The Morgan fingerprint density at radius 2 is 2.07 bits per heavy atom. The van der Waals surface area contributed by atoms with Gasteiger partial charge >= 0.3 is 0 Å². The van der Waals surface area contributed by atoms with Gasteiger partial charge in [-0.15, -0.1) is 0 Å². The second-order valence-electron chi connectivity index (χ2n) is 5.66. The molecule has 2 saturated heterocycles. The lowest BCUT2D eigenvalue weighted by molar-refractivity contribution is -0.158. The van der Waals surface area contributed by atoms with Gasteiger partial charge in [-0.25, -0.2) is 0 Å². The van der Waals surface area contributed by atoms with Crippen molar-refractivity contribution in [2.75, 3.05) is 0 Å². The van der Waals surface area contributed by atoms with E-state index in [1.807, 2.05) is 0 Å². The molecule has 2 aliphatic heterocycles. The summed E-state index contributed by atoms with van der Waals surface area (Å²) >= 11 is 0. The summed E-state index contributed by atoms with van der Waals surface area (Å²) in [4.78, 5) is 0. The second kappa shape index (κ2) is 2.75. The van der Waals surface area contributed by atoms with Crippen LogP contribution in [0.5, 0.6) is 0 Å². The van der Waals surface area contributed by atoms with E-state index in [-0.39, 0.29) is 12.2 Å². The fourth-order valence-electron chi connectivity index (χ4n) is 3.88. The molecule has 82 valence electrons. The van der Waals surface area contributed by atoms with Crippen molar-refractivity contribution >= 4 is 0 Å². The Hall–Kier alpha value is -0.590. The molecule has 3 nitrogen and oxygen atoms in total.